The van der Waals surface area contributed by atoms with Crippen molar-refractivity contribution in [2.75, 3.05) is 0 Å². The predicted octanol–water partition coefficient (Wildman–Crippen LogP) is 2.52. The first-order valence-electron chi connectivity index (χ1n) is 6.26. The fourth-order valence-electron chi connectivity index (χ4n) is 2.16. The molecule has 0 unspecified atom stereocenters. The smallest absolute Gasteiger partial charge is 0.241 e. The van der Waals surface area contributed by atoms with Crippen LogP contribution in [0.2, 0.25) is 0 Å². The highest BCUT2D eigenvalue weighted by Gasteiger charge is 2.09. The van der Waals surface area contributed by atoms with Crippen LogP contribution >= 0.6 is 0 Å². The topological polar surface area (TPSA) is 60.9 Å². The van der Waals surface area contributed by atoms with Crippen molar-refractivity contribution in [1.29, 1.82) is 0 Å². The van der Waals surface area contributed by atoms with E-state index in [0.717, 1.165) is 16.7 Å². The number of benzene rings is 2. The second-order valence-corrected chi connectivity index (χ2v) is 4.37. The SMILES string of the molecule is NC(=O)C=Cc1nc2ccccc2n1-c1ccccc1. The standard InChI is InChI=1S/C16H13N3O/c17-15(20)10-11-16-18-13-8-4-5-9-14(13)19(16)12-6-2-1-3-7-12/h1-11H,(H2,17,20). The van der Waals surface area contributed by atoms with E-state index in [-0.39, 0.29) is 0 Å². The molecule has 0 aliphatic carbocycles. The number of nitrogens with two attached hydrogens (primary N) is 1. The van der Waals surface area contributed by atoms with E-state index in [1.807, 2.05) is 59.2 Å². The summed E-state index contributed by atoms with van der Waals surface area (Å²) >= 11 is 0. The Hall–Kier alpha value is -2.88. The van der Waals surface area contributed by atoms with Crippen LogP contribution in [0, 0.1) is 0 Å². The number of hydrogen-bond donors (Lipinski definition) is 1. The zero-order chi connectivity index (χ0) is 13.9. The molecular formula is C16H13N3O. The molecule has 0 bridgehead atoms. The highest BCUT2D eigenvalue weighted by atomic mass is 16.1. The number of carbonyl (C=O) groups excluding carboxylic acids is 1. The van der Waals surface area contributed by atoms with Crippen molar-refractivity contribution in [3.05, 3.63) is 66.5 Å². The van der Waals surface area contributed by atoms with Gasteiger partial charge in [-0.1, -0.05) is 30.3 Å². The van der Waals surface area contributed by atoms with Crippen molar-refractivity contribution in [3.63, 3.8) is 0 Å². The Morgan fingerprint density at radius 3 is 2.50 bits per heavy atom. The van der Waals surface area contributed by atoms with Gasteiger partial charge in [0.1, 0.15) is 5.82 Å². The number of carbonyl (C=O) groups is 1. The van der Waals surface area contributed by atoms with Crippen LogP contribution in [-0.4, -0.2) is 15.5 Å². The average Bonchev–Trinajstić information content (AvgIpc) is 2.84. The maximum absolute atomic E-state index is 10.9. The van der Waals surface area contributed by atoms with Crippen molar-refractivity contribution < 1.29 is 4.79 Å². The van der Waals surface area contributed by atoms with E-state index in [9.17, 15) is 4.79 Å². The Kier molecular flexibility index (Phi) is 3.05. The number of para-hydroxylation sites is 3. The van der Waals surface area contributed by atoms with Gasteiger partial charge in [-0.2, -0.15) is 0 Å². The van der Waals surface area contributed by atoms with Crippen LogP contribution in [0.4, 0.5) is 0 Å². The van der Waals surface area contributed by atoms with Crippen LogP contribution in [0.25, 0.3) is 22.8 Å². The maximum atomic E-state index is 10.9. The van der Waals surface area contributed by atoms with E-state index in [4.69, 9.17) is 5.73 Å². The molecule has 0 fully saturated rings. The molecule has 3 rings (SSSR count). The molecule has 0 aliphatic rings. The number of primary amides is 1. The maximum Gasteiger partial charge on any atom is 0.241 e. The normalized spacial score (nSPS) is 11.2. The Bertz CT molecular complexity index is 788. The van der Waals surface area contributed by atoms with E-state index in [1.54, 1.807) is 6.08 Å². The lowest BCUT2D eigenvalue weighted by atomic mass is 10.3. The summed E-state index contributed by atoms with van der Waals surface area (Å²) in [5, 5.41) is 0. The lowest BCUT2D eigenvalue weighted by molar-refractivity contribution is -0.113. The Morgan fingerprint density at radius 1 is 1.05 bits per heavy atom. The third kappa shape index (κ3) is 2.19. The molecule has 3 aromatic rings. The molecule has 0 spiro atoms. The average molecular weight is 263 g/mol. The number of nitrogens with zero attached hydrogens (tertiary/aromatic N) is 2. The molecule has 0 aliphatic heterocycles. The van der Waals surface area contributed by atoms with Crippen LogP contribution in [0.15, 0.2) is 60.7 Å². The lowest BCUT2D eigenvalue weighted by Gasteiger charge is -2.06. The zero-order valence-corrected chi connectivity index (χ0v) is 10.7. The van der Waals surface area contributed by atoms with E-state index in [0.29, 0.717) is 5.82 Å². The summed E-state index contributed by atoms with van der Waals surface area (Å²) < 4.78 is 1.99. The molecule has 0 radical (unpaired) electrons. The van der Waals surface area contributed by atoms with E-state index in [1.165, 1.54) is 6.08 Å². The number of hydrogen-bond acceptors (Lipinski definition) is 2. The highest BCUT2D eigenvalue weighted by molar-refractivity contribution is 5.90. The molecule has 0 saturated carbocycles. The van der Waals surface area contributed by atoms with Gasteiger partial charge in [-0.05, 0) is 30.3 Å². The zero-order valence-electron chi connectivity index (χ0n) is 10.7. The number of imidazole rings is 1. The van der Waals surface area contributed by atoms with Crippen LogP contribution in [0.1, 0.15) is 5.82 Å². The molecule has 4 heteroatoms. The Labute approximate surface area is 116 Å². The van der Waals surface area contributed by atoms with Crippen LogP contribution in [-0.2, 0) is 4.79 Å². The molecule has 2 aromatic carbocycles. The molecule has 2 N–H and O–H groups in total. The lowest BCUT2D eigenvalue weighted by Crippen LogP contribution is -2.06. The molecule has 98 valence electrons. The fourth-order valence-corrected chi connectivity index (χ4v) is 2.16. The summed E-state index contributed by atoms with van der Waals surface area (Å²) in [5.41, 5.74) is 8.02. The van der Waals surface area contributed by atoms with Crippen molar-refractivity contribution in [3.8, 4) is 5.69 Å². The third-order valence-electron chi connectivity index (χ3n) is 3.00. The largest absolute Gasteiger partial charge is 0.366 e. The molecule has 0 atom stereocenters. The molecule has 1 amide bonds. The second kappa shape index (κ2) is 5.01. The van der Waals surface area contributed by atoms with Gasteiger partial charge >= 0.3 is 0 Å². The number of fused-ring (bicyclic) bond motifs is 1. The van der Waals surface area contributed by atoms with Crippen LogP contribution in [0.3, 0.4) is 0 Å². The van der Waals surface area contributed by atoms with Crippen molar-refractivity contribution in [2.45, 2.75) is 0 Å². The first-order chi connectivity index (χ1) is 9.75. The molecule has 4 nitrogen and oxygen atoms in total. The molecule has 1 heterocycles. The van der Waals surface area contributed by atoms with Gasteiger partial charge in [-0.15, -0.1) is 0 Å². The van der Waals surface area contributed by atoms with E-state index < -0.39 is 5.91 Å². The van der Waals surface area contributed by atoms with Crippen LogP contribution < -0.4 is 5.73 Å². The van der Waals surface area contributed by atoms with Gasteiger partial charge in [0.15, 0.2) is 0 Å². The Morgan fingerprint density at radius 2 is 1.75 bits per heavy atom. The molecular weight excluding hydrogens is 250 g/mol. The van der Waals surface area contributed by atoms with Gasteiger partial charge in [-0.25, -0.2) is 4.98 Å². The van der Waals surface area contributed by atoms with E-state index in [2.05, 4.69) is 4.98 Å². The first-order valence-corrected chi connectivity index (χ1v) is 6.26. The van der Waals surface area contributed by atoms with Crippen molar-refractivity contribution in [2.24, 2.45) is 5.73 Å². The molecule has 20 heavy (non-hydrogen) atoms. The molecule has 1 aromatic heterocycles. The third-order valence-corrected chi connectivity index (χ3v) is 3.00. The number of rotatable bonds is 3. The summed E-state index contributed by atoms with van der Waals surface area (Å²) in [7, 11) is 0. The van der Waals surface area contributed by atoms with Gasteiger partial charge in [0.2, 0.25) is 5.91 Å². The Balaban J connectivity index is 2.26. The van der Waals surface area contributed by atoms with E-state index >= 15 is 0 Å². The monoisotopic (exact) mass is 263 g/mol. The van der Waals surface area contributed by atoms with Gasteiger partial charge in [0.25, 0.3) is 0 Å². The van der Waals surface area contributed by atoms with Crippen molar-refractivity contribution in [1.82, 2.24) is 9.55 Å². The minimum absolute atomic E-state index is 0.489. The molecule has 0 saturated heterocycles. The van der Waals surface area contributed by atoms with Gasteiger partial charge in [0.05, 0.1) is 11.0 Å². The highest BCUT2D eigenvalue weighted by Crippen LogP contribution is 2.22. The number of amides is 1. The minimum atomic E-state index is -0.489. The summed E-state index contributed by atoms with van der Waals surface area (Å²) in [4.78, 5) is 15.5. The quantitative estimate of drug-likeness (QED) is 0.738. The van der Waals surface area contributed by atoms with Crippen molar-refractivity contribution >= 4 is 23.0 Å². The van der Waals surface area contributed by atoms with Gasteiger partial charge in [0, 0.05) is 11.8 Å². The van der Waals surface area contributed by atoms with Gasteiger partial charge in [-0.3, -0.25) is 9.36 Å². The summed E-state index contributed by atoms with van der Waals surface area (Å²) in [6.07, 6.45) is 2.95. The second-order valence-electron chi connectivity index (χ2n) is 4.37. The predicted molar refractivity (Wildman–Crippen MR) is 79.3 cm³/mol. The summed E-state index contributed by atoms with van der Waals surface area (Å²) in [6.45, 7) is 0. The summed E-state index contributed by atoms with van der Waals surface area (Å²) in [6, 6.07) is 17.7. The summed E-state index contributed by atoms with van der Waals surface area (Å²) in [5.74, 6) is 0.188. The minimum Gasteiger partial charge on any atom is -0.366 e. The van der Waals surface area contributed by atoms with Gasteiger partial charge < -0.3 is 5.73 Å². The van der Waals surface area contributed by atoms with Crippen LogP contribution in [0.5, 0.6) is 0 Å². The first kappa shape index (κ1) is 12.2. The fraction of sp³-hybridized carbons (Fsp3) is 0. The number of aromatic nitrogens is 2.